The summed E-state index contributed by atoms with van der Waals surface area (Å²) in [7, 11) is 0. The predicted octanol–water partition coefficient (Wildman–Crippen LogP) is 2.72. The molecule has 1 amide bonds. The first-order valence-corrected chi connectivity index (χ1v) is 6.73. The molecule has 0 atom stereocenters. The standard InChI is InChI=1S/C13H18BrFN2O/c1-3-13(16,4-2)12(18)17-8-9-7-10(15)5-6-11(9)14/h5-7H,3-4,8,16H2,1-2H3,(H,17,18). The molecule has 0 unspecified atom stereocenters. The van der Waals surface area contributed by atoms with E-state index in [1.54, 1.807) is 6.07 Å². The molecule has 100 valence electrons. The Morgan fingerprint density at radius 1 is 1.44 bits per heavy atom. The molecule has 0 spiro atoms. The molecule has 1 aromatic rings. The molecule has 0 aromatic heterocycles. The van der Waals surface area contributed by atoms with Crippen LogP contribution in [0.5, 0.6) is 0 Å². The fourth-order valence-electron chi connectivity index (χ4n) is 1.60. The van der Waals surface area contributed by atoms with Gasteiger partial charge < -0.3 is 11.1 Å². The molecule has 0 bridgehead atoms. The van der Waals surface area contributed by atoms with Crippen LogP contribution >= 0.6 is 15.9 Å². The SMILES string of the molecule is CCC(N)(CC)C(=O)NCc1cc(F)ccc1Br. The van der Waals surface area contributed by atoms with Crippen LogP contribution in [0.25, 0.3) is 0 Å². The topological polar surface area (TPSA) is 55.1 Å². The van der Waals surface area contributed by atoms with E-state index in [1.807, 2.05) is 13.8 Å². The molecule has 0 heterocycles. The fraction of sp³-hybridized carbons (Fsp3) is 0.462. The lowest BCUT2D eigenvalue weighted by Crippen LogP contribution is -2.52. The second-order valence-corrected chi connectivity index (χ2v) is 5.14. The largest absolute Gasteiger partial charge is 0.350 e. The molecule has 1 rings (SSSR count). The van der Waals surface area contributed by atoms with Crippen LogP contribution in [0.3, 0.4) is 0 Å². The number of carbonyl (C=O) groups is 1. The Morgan fingerprint density at radius 3 is 2.61 bits per heavy atom. The minimum atomic E-state index is -0.847. The zero-order valence-corrected chi connectivity index (χ0v) is 12.2. The van der Waals surface area contributed by atoms with E-state index < -0.39 is 5.54 Å². The van der Waals surface area contributed by atoms with Gasteiger partial charge in [-0.3, -0.25) is 4.79 Å². The zero-order chi connectivity index (χ0) is 13.8. The first-order valence-electron chi connectivity index (χ1n) is 5.94. The highest BCUT2D eigenvalue weighted by Gasteiger charge is 2.29. The Kier molecular flexibility index (Phi) is 5.28. The number of nitrogens with two attached hydrogens (primary N) is 1. The van der Waals surface area contributed by atoms with Crippen LogP contribution in [0.2, 0.25) is 0 Å². The molecule has 0 radical (unpaired) electrons. The molecule has 0 aliphatic heterocycles. The van der Waals surface area contributed by atoms with Crippen molar-refractivity contribution in [3.05, 3.63) is 34.1 Å². The lowest BCUT2D eigenvalue weighted by molar-refractivity contribution is -0.126. The van der Waals surface area contributed by atoms with Gasteiger partial charge in [0.05, 0.1) is 5.54 Å². The maximum atomic E-state index is 13.1. The Morgan fingerprint density at radius 2 is 2.06 bits per heavy atom. The Bertz CT molecular complexity index is 433. The quantitative estimate of drug-likeness (QED) is 0.877. The van der Waals surface area contributed by atoms with Crippen LogP contribution < -0.4 is 11.1 Å². The van der Waals surface area contributed by atoms with Crippen LogP contribution in [0.1, 0.15) is 32.3 Å². The third-order valence-corrected chi connectivity index (χ3v) is 3.93. The molecular weight excluding hydrogens is 299 g/mol. The summed E-state index contributed by atoms with van der Waals surface area (Å²) >= 11 is 3.32. The number of carbonyl (C=O) groups excluding carboxylic acids is 1. The summed E-state index contributed by atoms with van der Waals surface area (Å²) in [5, 5.41) is 2.75. The van der Waals surface area contributed by atoms with E-state index in [9.17, 15) is 9.18 Å². The summed E-state index contributed by atoms with van der Waals surface area (Å²) < 4.78 is 13.8. The van der Waals surface area contributed by atoms with Crippen LogP contribution in [0, 0.1) is 5.82 Å². The molecule has 5 heteroatoms. The highest BCUT2D eigenvalue weighted by molar-refractivity contribution is 9.10. The average molecular weight is 317 g/mol. The lowest BCUT2D eigenvalue weighted by atomic mass is 9.93. The number of nitrogens with one attached hydrogen (secondary N) is 1. The van der Waals surface area contributed by atoms with Gasteiger partial charge in [-0.05, 0) is 36.6 Å². The van der Waals surface area contributed by atoms with Gasteiger partial charge in [-0.25, -0.2) is 4.39 Å². The van der Waals surface area contributed by atoms with Crippen molar-refractivity contribution in [2.24, 2.45) is 5.73 Å². The third kappa shape index (κ3) is 3.53. The Hall–Kier alpha value is -0.940. The summed E-state index contributed by atoms with van der Waals surface area (Å²) in [5.41, 5.74) is 5.82. The predicted molar refractivity (Wildman–Crippen MR) is 73.4 cm³/mol. The summed E-state index contributed by atoms with van der Waals surface area (Å²) in [6.45, 7) is 4.01. The number of hydrogen-bond acceptors (Lipinski definition) is 2. The summed E-state index contributed by atoms with van der Waals surface area (Å²) in [5.74, 6) is -0.531. The first-order chi connectivity index (χ1) is 8.42. The maximum absolute atomic E-state index is 13.1. The fourth-order valence-corrected chi connectivity index (χ4v) is 1.99. The highest BCUT2D eigenvalue weighted by Crippen LogP contribution is 2.18. The Balaban J connectivity index is 2.71. The van der Waals surface area contributed by atoms with Crippen LogP contribution in [-0.4, -0.2) is 11.4 Å². The molecule has 0 saturated carbocycles. The van der Waals surface area contributed by atoms with Gasteiger partial charge in [-0.2, -0.15) is 0 Å². The number of rotatable bonds is 5. The molecule has 0 saturated heterocycles. The molecule has 18 heavy (non-hydrogen) atoms. The van der Waals surface area contributed by atoms with E-state index in [0.717, 1.165) is 4.47 Å². The summed E-state index contributed by atoms with van der Waals surface area (Å²) in [6, 6.07) is 4.37. The van der Waals surface area contributed by atoms with E-state index >= 15 is 0 Å². The molecule has 3 nitrogen and oxygen atoms in total. The molecular formula is C13H18BrFN2O. The molecule has 0 fully saturated rings. The van der Waals surface area contributed by atoms with Crippen molar-refractivity contribution in [3.63, 3.8) is 0 Å². The van der Waals surface area contributed by atoms with Gasteiger partial charge in [0, 0.05) is 11.0 Å². The van der Waals surface area contributed by atoms with Gasteiger partial charge in [0.2, 0.25) is 5.91 Å². The number of amides is 1. The van der Waals surface area contributed by atoms with Crippen molar-refractivity contribution >= 4 is 21.8 Å². The average Bonchev–Trinajstić information content (AvgIpc) is 2.38. The van der Waals surface area contributed by atoms with Crippen molar-refractivity contribution in [1.29, 1.82) is 0 Å². The van der Waals surface area contributed by atoms with Gasteiger partial charge >= 0.3 is 0 Å². The van der Waals surface area contributed by atoms with Crippen molar-refractivity contribution in [2.45, 2.75) is 38.8 Å². The molecule has 0 aliphatic carbocycles. The third-order valence-electron chi connectivity index (χ3n) is 3.16. The van der Waals surface area contributed by atoms with Crippen LogP contribution in [-0.2, 0) is 11.3 Å². The Labute approximate surface area is 115 Å². The normalized spacial score (nSPS) is 11.4. The van der Waals surface area contributed by atoms with Gasteiger partial charge in [0.1, 0.15) is 5.82 Å². The van der Waals surface area contributed by atoms with Gasteiger partial charge in [0.15, 0.2) is 0 Å². The molecule has 0 aliphatic rings. The minimum absolute atomic E-state index is 0.205. The van der Waals surface area contributed by atoms with Gasteiger partial charge in [0.25, 0.3) is 0 Å². The van der Waals surface area contributed by atoms with Crippen molar-refractivity contribution < 1.29 is 9.18 Å². The monoisotopic (exact) mass is 316 g/mol. The summed E-state index contributed by atoms with van der Waals surface area (Å²) in [6.07, 6.45) is 1.14. The van der Waals surface area contributed by atoms with Gasteiger partial charge in [-0.15, -0.1) is 0 Å². The summed E-state index contributed by atoms with van der Waals surface area (Å²) in [4.78, 5) is 12.0. The maximum Gasteiger partial charge on any atom is 0.240 e. The van der Waals surface area contributed by atoms with E-state index in [0.29, 0.717) is 18.4 Å². The van der Waals surface area contributed by atoms with E-state index in [1.165, 1.54) is 12.1 Å². The van der Waals surface area contributed by atoms with Gasteiger partial charge in [-0.1, -0.05) is 29.8 Å². The second kappa shape index (κ2) is 6.29. The van der Waals surface area contributed by atoms with E-state index in [4.69, 9.17) is 5.73 Å². The van der Waals surface area contributed by atoms with Crippen LogP contribution in [0.15, 0.2) is 22.7 Å². The number of hydrogen-bond donors (Lipinski definition) is 2. The van der Waals surface area contributed by atoms with Crippen molar-refractivity contribution in [2.75, 3.05) is 0 Å². The van der Waals surface area contributed by atoms with E-state index in [-0.39, 0.29) is 18.3 Å². The number of benzene rings is 1. The first kappa shape index (κ1) is 15.1. The zero-order valence-electron chi connectivity index (χ0n) is 10.6. The van der Waals surface area contributed by atoms with Crippen LogP contribution in [0.4, 0.5) is 4.39 Å². The molecule has 3 N–H and O–H groups in total. The minimum Gasteiger partial charge on any atom is -0.350 e. The van der Waals surface area contributed by atoms with Crippen molar-refractivity contribution in [3.8, 4) is 0 Å². The van der Waals surface area contributed by atoms with E-state index in [2.05, 4.69) is 21.2 Å². The van der Waals surface area contributed by atoms with Crippen molar-refractivity contribution in [1.82, 2.24) is 5.32 Å². The second-order valence-electron chi connectivity index (χ2n) is 4.28. The lowest BCUT2D eigenvalue weighted by Gasteiger charge is -2.25. The highest BCUT2D eigenvalue weighted by atomic mass is 79.9. The smallest absolute Gasteiger partial charge is 0.240 e. The number of halogens is 2. The molecule has 1 aromatic carbocycles.